The van der Waals surface area contributed by atoms with E-state index in [0.717, 1.165) is 37.6 Å². The lowest BCUT2D eigenvalue weighted by atomic mass is 10.2. The lowest BCUT2D eigenvalue weighted by Gasteiger charge is -2.25. The van der Waals surface area contributed by atoms with Gasteiger partial charge in [0.15, 0.2) is 5.96 Å². The number of nitrogens with one attached hydrogen (secondary N) is 1. The van der Waals surface area contributed by atoms with Crippen molar-refractivity contribution in [1.82, 2.24) is 15.1 Å². The zero-order valence-electron chi connectivity index (χ0n) is 16.7. The van der Waals surface area contributed by atoms with Crippen LogP contribution in [0.4, 0.5) is 13.2 Å². The van der Waals surface area contributed by atoms with Gasteiger partial charge in [-0.2, -0.15) is 13.2 Å². The summed E-state index contributed by atoms with van der Waals surface area (Å²) in [7, 11) is 0. The molecule has 2 saturated heterocycles. The predicted molar refractivity (Wildman–Crippen MR) is 124 cm³/mol. The van der Waals surface area contributed by atoms with Crippen molar-refractivity contribution in [3.8, 4) is 0 Å². The molecule has 0 saturated carbocycles. The van der Waals surface area contributed by atoms with E-state index in [2.05, 4.69) is 39.5 Å². The maximum Gasteiger partial charge on any atom is 0.401 e. The second-order valence-corrected chi connectivity index (χ2v) is 8.60. The molecule has 0 amide bonds. The highest BCUT2D eigenvalue weighted by molar-refractivity contribution is 14.0. The van der Waals surface area contributed by atoms with Gasteiger partial charge in [0.1, 0.15) is 0 Å². The Morgan fingerprint density at radius 1 is 1.17 bits per heavy atom. The Balaban J connectivity index is 0.00000300. The molecule has 1 aromatic rings. The second kappa shape index (κ2) is 11.6. The summed E-state index contributed by atoms with van der Waals surface area (Å²) in [5.41, 5.74) is 0. The molecule has 2 fully saturated rings. The van der Waals surface area contributed by atoms with Gasteiger partial charge in [0.25, 0.3) is 0 Å². The maximum absolute atomic E-state index is 12.6. The summed E-state index contributed by atoms with van der Waals surface area (Å²) in [6, 6.07) is 10.4. The molecule has 2 atom stereocenters. The molecule has 0 spiro atoms. The Labute approximate surface area is 192 Å². The van der Waals surface area contributed by atoms with Crippen molar-refractivity contribution < 1.29 is 13.2 Å². The fourth-order valence-electron chi connectivity index (χ4n) is 3.81. The molecule has 4 nitrogen and oxygen atoms in total. The van der Waals surface area contributed by atoms with E-state index in [-0.39, 0.29) is 30.0 Å². The lowest BCUT2D eigenvalue weighted by molar-refractivity contribution is -0.143. The van der Waals surface area contributed by atoms with Crippen LogP contribution in [-0.2, 0) is 0 Å². The van der Waals surface area contributed by atoms with Crippen molar-refractivity contribution in [1.29, 1.82) is 0 Å². The van der Waals surface area contributed by atoms with Crippen molar-refractivity contribution >= 4 is 41.7 Å². The third kappa shape index (κ3) is 8.16. The summed E-state index contributed by atoms with van der Waals surface area (Å²) in [5.74, 6) is 2.52. The number of rotatable bonds is 6. The van der Waals surface area contributed by atoms with Gasteiger partial charge in [0.2, 0.25) is 0 Å². The quantitative estimate of drug-likeness (QED) is 0.251. The van der Waals surface area contributed by atoms with Gasteiger partial charge in [-0.05, 0) is 37.8 Å². The van der Waals surface area contributed by atoms with Crippen molar-refractivity contribution in [2.24, 2.45) is 10.9 Å². The van der Waals surface area contributed by atoms with Gasteiger partial charge in [0, 0.05) is 49.4 Å². The standard InChI is InChI=1S/C20H29F3N4S.HI/c1-2-24-19(25-17-9-10-26(13-17)15-20(21,22)23)27-11-8-16(12-27)14-28-18-6-4-3-5-7-18;/h3-7,16-17H,2,8-15H2,1H3,(H,24,25);1H. The molecular weight excluding hydrogens is 512 g/mol. The van der Waals surface area contributed by atoms with Crippen LogP contribution in [0.15, 0.2) is 40.2 Å². The number of nitrogens with zero attached hydrogens (tertiary/aromatic N) is 3. The fourth-order valence-corrected chi connectivity index (χ4v) is 4.86. The van der Waals surface area contributed by atoms with Gasteiger partial charge in [-0.25, -0.2) is 0 Å². The summed E-state index contributed by atoms with van der Waals surface area (Å²) in [6.07, 6.45) is -2.29. The molecule has 29 heavy (non-hydrogen) atoms. The van der Waals surface area contributed by atoms with Crippen LogP contribution in [0.2, 0.25) is 0 Å². The fraction of sp³-hybridized carbons (Fsp3) is 0.650. The Morgan fingerprint density at radius 3 is 2.62 bits per heavy atom. The second-order valence-electron chi connectivity index (χ2n) is 7.50. The first-order chi connectivity index (χ1) is 13.4. The summed E-state index contributed by atoms with van der Waals surface area (Å²) in [5, 5.41) is 3.43. The Kier molecular flexibility index (Phi) is 9.87. The van der Waals surface area contributed by atoms with Crippen molar-refractivity contribution in [2.45, 2.75) is 36.9 Å². The van der Waals surface area contributed by atoms with Crippen LogP contribution in [0.3, 0.4) is 0 Å². The summed E-state index contributed by atoms with van der Waals surface area (Å²) in [6.45, 7) is 4.63. The molecule has 164 valence electrons. The average Bonchev–Trinajstić information content (AvgIpc) is 3.29. The molecular formula is C20H30F3IN4S. The monoisotopic (exact) mass is 542 g/mol. The van der Waals surface area contributed by atoms with Crippen LogP contribution in [-0.4, -0.2) is 73.0 Å². The minimum atomic E-state index is -4.13. The van der Waals surface area contributed by atoms with Crippen LogP contribution in [0.1, 0.15) is 19.8 Å². The highest BCUT2D eigenvalue weighted by Crippen LogP contribution is 2.26. The number of thioether (sulfide) groups is 1. The van der Waals surface area contributed by atoms with Gasteiger partial charge in [-0.15, -0.1) is 35.7 Å². The first-order valence-electron chi connectivity index (χ1n) is 9.96. The zero-order valence-corrected chi connectivity index (χ0v) is 19.8. The first-order valence-corrected chi connectivity index (χ1v) is 10.9. The molecule has 2 heterocycles. The van der Waals surface area contributed by atoms with Crippen LogP contribution in [0.25, 0.3) is 0 Å². The number of guanidine groups is 1. The predicted octanol–water partition coefficient (Wildman–Crippen LogP) is 4.32. The van der Waals surface area contributed by atoms with E-state index in [1.807, 2.05) is 24.8 Å². The van der Waals surface area contributed by atoms with Gasteiger partial charge >= 0.3 is 6.18 Å². The molecule has 0 radical (unpaired) electrons. The third-order valence-electron chi connectivity index (χ3n) is 5.13. The minimum absolute atomic E-state index is 0. The van der Waals surface area contributed by atoms with E-state index in [9.17, 15) is 13.2 Å². The smallest absolute Gasteiger partial charge is 0.352 e. The normalized spacial score (nSPS) is 23.3. The van der Waals surface area contributed by atoms with E-state index >= 15 is 0 Å². The van der Waals surface area contributed by atoms with E-state index in [1.165, 1.54) is 9.80 Å². The summed E-state index contributed by atoms with van der Waals surface area (Å²) >= 11 is 1.88. The maximum atomic E-state index is 12.6. The highest BCUT2D eigenvalue weighted by atomic mass is 127. The Bertz CT molecular complexity index is 644. The molecule has 9 heteroatoms. The third-order valence-corrected chi connectivity index (χ3v) is 6.37. The van der Waals surface area contributed by atoms with Gasteiger partial charge in [0.05, 0.1) is 6.54 Å². The van der Waals surface area contributed by atoms with Crippen molar-refractivity contribution in [2.75, 3.05) is 45.0 Å². The molecule has 0 aliphatic carbocycles. The van der Waals surface area contributed by atoms with E-state index < -0.39 is 12.7 Å². The molecule has 0 bridgehead atoms. The molecule has 1 N–H and O–H groups in total. The van der Waals surface area contributed by atoms with Crippen LogP contribution < -0.4 is 5.32 Å². The number of aliphatic imine (C=N–C) groups is 1. The van der Waals surface area contributed by atoms with Gasteiger partial charge in [-0.3, -0.25) is 9.89 Å². The summed E-state index contributed by atoms with van der Waals surface area (Å²) < 4.78 is 37.8. The van der Waals surface area contributed by atoms with Crippen molar-refractivity contribution in [3.05, 3.63) is 30.3 Å². The van der Waals surface area contributed by atoms with Crippen LogP contribution in [0, 0.1) is 5.92 Å². The first kappa shape index (κ1) is 24.6. The SMILES string of the molecule is CCN=C(NC1CCN(CC(F)(F)F)C1)N1CCC(CSc2ccccc2)C1.I. The number of halogens is 4. The largest absolute Gasteiger partial charge is 0.401 e. The zero-order chi connectivity index (χ0) is 20.0. The van der Waals surface area contributed by atoms with E-state index in [1.54, 1.807) is 0 Å². The Morgan fingerprint density at radius 2 is 1.93 bits per heavy atom. The van der Waals surface area contributed by atoms with E-state index in [4.69, 9.17) is 0 Å². The highest BCUT2D eigenvalue weighted by Gasteiger charge is 2.35. The summed E-state index contributed by atoms with van der Waals surface area (Å²) in [4.78, 5) is 9.64. The lowest BCUT2D eigenvalue weighted by Crippen LogP contribution is -2.46. The number of alkyl halides is 3. The van der Waals surface area contributed by atoms with Gasteiger partial charge in [-0.1, -0.05) is 18.2 Å². The van der Waals surface area contributed by atoms with Gasteiger partial charge < -0.3 is 10.2 Å². The molecule has 1 aromatic carbocycles. The minimum Gasteiger partial charge on any atom is -0.352 e. The number of hydrogen-bond acceptors (Lipinski definition) is 3. The molecule has 3 rings (SSSR count). The topological polar surface area (TPSA) is 30.9 Å². The van der Waals surface area contributed by atoms with Crippen LogP contribution in [0.5, 0.6) is 0 Å². The number of hydrogen-bond donors (Lipinski definition) is 1. The molecule has 0 aromatic heterocycles. The van der Waals surface area contributed by atoms with Crippen molar-refractivity contribution in [3.63, 3.8) is 0 Å². The van der Waals surface area contributed by atoms with Crippen LogP contribution >= 0.6 is 35.7 Å². The molecule has 2 aliphatic rings. The molecule has 2 aliphatic heterocycles. The Hall–Kier alpha value is -0.680. The molecule has 2 unspecified atom stereocenters. The number of likely N-dealkylation sites (tertiary alicyclic amines) is 2. The average molecular weight is 542 g/mol. The number of benzene rings is 1. The van der Waals surface area contributed by atoms with E-state index in [0.29, 0.717) is 25.6 Å².